The van der Waals surface area contributed by atoms with E-state index in [0.717, 1.165) is 18.9 Å². The van der Waals surface area contributed by atoms with Gasteiger partial charge in [0.15, 0.2) is 0 Å². The van der Waals surface area contributed by atoms with Crippen LogP contribution in [0.4, 0.5) is 0 Å². The molecule has 2 rings (SSSR count). The first kappa shape index (κ1) is 16.5. The Balaban J connectivity index is 2.18. The summed E-state index contributed by atoms with van der Waals surface area (Å²) >= 11 is 0. The lowest BCUT2D eigenvalue weighted by molar-refractivity contribution is -0.0742. The second-order valence-corrected chi connectivity index (χ2v) is 6.69. The number of ether oxygens (including phenoxy) is 1. The molecule has 0 aromatic heterocycles. The number of hydrogen-bond donors (Lipinski definition) is 1. The minimum Gasteiger partial charge on any atom is -0.377 e. The molecule has 21 heavy (non-hydrogen) atoms. The van der Waals surface area contributed by atoms with Crippen molar-refractivity contribution in [1.29, 1.82) is 0 Å². The zero-order valence-electron chi connectivity index (χ0n) is 14.1. The quantitative estimate of drug-likeness (QED) is 0.851. The molecule has 0 amide bonds. The molecular weight excluding hydrogens is 258 g/mol. The van der Waals surface area contributed by atoms with Crippen LogP contribution in [0.1, 0.15) is 50.7 Å². The molecule has 0 saturated heterocycles. The molecule has 0 bridgehead atoms. The molecule has 1 fully saturated rings. The number of rotatable bonds is 6. The van der Waals surface area contributed by atoms with Crippen LogP contribution in [0.3, 0.4) is 0 Å². The van der Waals surface area contributed by atoms with Crippen LogP contribution < -0.4 is 5.32 Å². The van der Waals surface area contributed by atoms with Gasteiger partial charge in [-0.2, -0.15) is 0 Å². The SMILES string of the molecule is CCNC(Cc1ccccc1C)C1(OC)CCC(C)CC1. The van der Waals surface area contributed by atoms with Gasteiger partial charge in [-0.1, -0.05) is 38.1 Å². The van der Waals surface area contributed by atoms with E-state index in [4.69, 9.17) is 4.74 Å². The molecule has 2 heteroatoms. The highest BCUT2D eigenvalue weighted by molar-refractivity contribution is 5.27. The third kappa shape index (κ3) is 3.87. The average molecular weight is 289 g/mol. The summed E-state index contributed by atoms with van der Waals surface area (Å²) in [4.78, 5) is 0. The van der Waals surface area contributed by atoms with E-state index >= 15 is 0 Å². The molecule has 1 N–H and O–H groups in total. The largest absolute Gasteiger partial charge is 0.377 e. The molecule has 1 atom stereocenters. The van der Waals surface area contributed by atoms with Gasteiger partial charge in [0, 0.05) is 13.2 Å². The Morgan fingerprint density at radius 2 is 1.95 bits per heavy atom. The second-order valence-electron chi connectivity index (χ2n) is 6.69. The van der Waals surface area contributed by atoms with E-state index in [2.05, 4.69) is 50.4 Å². The van der Waals surface area contributed by atoms with Gasteiger partial charge in [0.1, 0.15) is 0 Å². The predicted octanol–water partition coefficient (Wildman–Crippen LogP) is 4.11. The first-order valence-electron chi connectivity index (χ1n) is 8.44. The number of methoxy groups -OCH3 is 1. The van der Waals surface area contributed by atoms with Crippen LogP contribution in [0.5, 0.6) is 0 Å². The lowest BCUT2D eigenvalue weighted by Gasteiger charge is -2.44. The number of likely N-dealkylation sites (N-methyl/N-ethyl adjacent to an activating group) is 1. The van der Waals surface area contributed by atoms with Crippen molar-refractivity contribution in [2.45, 2.75) is 64.5 Å². The van der Waals surface area contributed by atoms with E-state index in [1.807, 2.05) is 7.11 Å². The van der Waals surface area contributed by atoms with Gasteiger partial charge in [-0.05, 0) is 62.6 Å². The van der Waals surface area contributed by atoms with Crippen LogP contribution in [-0.2, 0) is 11.2 Å². The fourth-order valence-electron chi connectivity index (χ4n) is 3.70. The summed E-state index contributed by atoms with van der Waals surface area (Å²) in [5.41, 5.74) is 2.83. The summed E-state index contributed by atoms with van der Waals surface area (Å²) in [7, 11) is 1.90. The Labute approximate surface area is 130 Å². The van der Waals surface area contributed by atoms with E-state index in [0.29, 0.717) is 6.04 Å². The van der Waals surface area contributed by atoms with Crippen molar-refractivity contribution in [1.82, 2.24) is 5.32 Å². The number of nitrogens with one attached hydrogen (secondary N) is 1. The van der Waals surface area contributed by atoms with E-state index in [-0.39, 0.29) is 5.60 Å². The highest BCUT2D eigenvalue weighted by Crippen LogP contribution is 2.38. The summed E-state index contributed by atoms with van der Waals surface area (Å²) in [6.45, 7) is 7.76. The van der Waals surface area contributed by atoms with Crippen molar-refractivity contribution in [2.75, 3.05) is 13.7 Å². The fourth-order valence-corrected chi connectivity index (χ4v) is 3.70. The van der Waals surface area contributed by atoms with Gasteiger partial charge >= 0.3 is 0 Å². The minimum absolute atomic E-state index is 0.00476. The zero-order chi connectivity index (χ0) is 15.3. The summed E-state index contributed by atoms with van der Waals surface area (Å²) in [6, 6.07) is 9.14. The van der Waals surface area contributed by atoms with Crippen LogP contribution >= 0.6 is 0 Å². The monoisotopic (exact) mass is 289 g/mol. The molecule has 0 aliphatic heterocycles. The topological polar surface area (TPSA) is 21.3 Å². The summed E-state index contributed by atoms with van der Waals surface area (Å²) < 4.78 is 6.09. The predicted molar refractivity (Wildman–Crippen MR) is 89.7 cm³/mol. The van der Waals surface area contributed by atoms with Gasteiger partial charge in [-0.25, -0.2) is 0 Å². The number of benzene rings is 1. The van der Waals surface area contributed by atoms with Crippen molar-refractivity contribution >= 4 is 0 Å². The molecule has 1 aromatic rings. The van der Waals surface area contributed by atoms with Gasteiger partial charge in [0.25, 0.3) is 0 Å². The third-order valence-electron chi connectivity index (χ3n) is 5.30. The molecule has 0 spiro atoms. The van der Waals surface area contributed by atoms with Gasteiger partial charge in [0.2, 0.25) is 0 Å². The Kier molecular flexibility index (Phi) is 5.83. The molecule has 2 nitrogen and oxygen atoms in total. The Bertz CT molecular complexity index is 435. The maximum Gasteiger partial charge on any atom is 0.0834 e. The standard InChI is InChI=1S/C19H31NO/c1-5-20-18(14-17-9-7-6-8-16(17)3)19(21-4)12-10-15(2)11-13-19/h6-9,15,18,20H,5,10-14H2,1-4H3. The third-order valence-corrected chi connectivity index (χ3v) is 5.30. The molecular formula is C19H31NO. The first-order valence-corrected chi connectivity index (χ1v) is 8.44. The summed E-state index contributed by atoms with van der Waals surface area (Å²) in [5.74, 6) is 0.842. The maximum atomic E-state index is 6.09. The lowest BCUT2D eigenvalue weighted by Crippen LogP contribution is -2.55. The van der Waals surface area contributed by atoms with Crippen LogP contribution in [0.25, 0.3) is 0 Å². The molecule has 1 unspecified atom stereocenters. The normalized spacial score (nSPS) is 27.5. The van der Waals surface area contributed by atoms with E-state index in [1.165, 1.54) is 36.8 Å². The zero-order valence-corrected chi connectivity index (χ0v) is 14.1. The molecule has 1 aliphatic rings. The van der Waals surface area contributed by atoms with Crippen LogP contribution in [-0.4, -0.2) is 25.3 Å². The molecule has 0 heterocycles. The van der Waals surface area contributed by atoms with Crippen LogP contribution in [0, 0.1) is 12.8 Å². The van der Waals surface area contributed by atoms with Gasteiger partial charge in [0.05, 0.1) is 5.60 Å². The van der Waals surface area contributed by atoms with E-state index in [1.54, 1.807) is 0 Å². The van der Waals surface area contributed by atoms with Gasteiger partial charge < -0.3 is 10.1 Å². The van der Waals surface area contributed by atoms with Crippen molar-refractivity contribution < 1.29 is 4.74 Å². The first-order chi connectivity index (χ1) is 10.1. The summed E-state index contributed by atoms with van der Waals surface area (Å²) in [6.07, 6.45) is 5.97. The fraction of sp³-hybridized carbons (Fsp3) is 0.684. The van der Waals surface area contributed by atoms with Crippen molar-refractivity contribution in [3.8, 4) is 0 Å². The number of aryl methyl sites for hydroxylation is 1. The smallest absolute Gasteiger partial charge is 0.0834 e. The Hall–Kier alpha value is -0.860. The van der Waals surface area contributed by atoms with E-state index in [9.17, 15) is 0 Å². The average Bonchev–Trinajstić information content (AvgIpc) is 2.50. The van der Waals surface area contributed by atoms with Crippen LogP contribution in [0.15, 0.2) is 24.3 Å². The summed E-state index contributed by atoms with van der Waals surface area (Å²) in [5, 5.41) is 3.71. The van der Waals surface area contributed by atoms with Crippen LogP contribution in [0.2, 0.25) is 0 Å². The van der Waals surface area contributed by atoms with Crippen molar-refractivity contribution in [3.05, 3.63) is 35.4 Å². The molecule has 0 radical (unpaired) electrons. The molecule has 1 aliphatic carbocycles. The minimum atomic E-state index is 0.00476. The highest BCUT2D eigenvalue weighted by atomic mass is 16.5. The second kappa shape index (κ2) is 7.42. The van der Waals surface area contributed by atoms with Crippen molar-refractivity contribution in [3.63, 3.8) is 0 Å². The van der Waals surface area contributed by atoms with Crippen molar-refractivity contribution in [2.24, 2.45) is 5.92 Å². The Morgan fingerprint density at radius 1 is 1.29 bits per heavy atom. The maximum absolute atomic E-state index is 6.09. The number of hydrogen-bond acceptors (Lipinski definition) is 2. The lowest BCUT2D eigenvalue weighted by atomic mass is 9.73. The molecule has 1 aromatic carbocycles. The molecule has 118 valence electrons. The molecule has 1 saturated carbocycles. The van der Waals surface area contributed by atoms with Gasteiger partial charge in [-0.15, -0.1) is 0 Å². The van der Waals surface area contributed by atoms with Gasteiger partial charge in [-0.3, -0.25) is 0 Å². The Morgan fingerprint density at radius 3 is 2.52 bits per heavy atom. The van der Waals surface area contributed by atoms with E-state index < -0.39 is 0 Å². The highest BCUT2D eigenvalue weighted by Gasteiger charge is 2.41.